The normalized spacial score (nSPS) is 19.9. The number of thioether (sulfide) groups is 1. The fourth-order valence-corrected chi connectivity index (χ4v) is 5.06. The Morgan fingerprint density at radius 2 is 1.75 bits per heavy atom. The summed E-state index contributed by atoms with van der Waals surface area (Å²) in [5.74, 6) is 0.636. The maximum absolute atomic E-state index is 13.0. The summed E-state index contributed by atoms with van der Waals surface area (Å²) in [5.41, 5.74) is 4.33. The lowest BCUT2D eigenvalue weighted by molar-refractivity contribution is -0.134. The van der Waals surface area contributed by atoms with Gasteiger partial charge in [0.1, 0.15) is 0 Å². The second kappa shape index (κ2) is 8.00. The molecule has 0 radical (unpaired) electrons. The highest BCUT2D eigenvalue weighted by Gasteiger charge is 2.29. The fraction of sp³-hybridized carbons (Fsp3) is 0.391. The molecule has 0 aliphatic carbocycles. The predicted molar refractivity (Wildman–Crippen MR) is 116 cm³/mol. The van der Waals surface area contributed by atoms with Gasteiger partial charge in [0.15, 0.2) is 5.16 Å². The molecule has 1 saturated heterocycles. The molecule has 146 valence electrons. The number of rotatable bonds is 4. The third kappa shape index (κ3) is 3.68. The Morgan fingerprint density at radius 3 is 2.46 bits per heavy atom. The third-order valence-electron chi connectivity index (χ3n) is 5.63. The van der Waals surface area contributed by atoms with E-state index in [1.165, 1.54) is 23.7 Å². The topological polar surface area (TPSA) is 38.1 Å². The van der Waals surface area contributed by atoms with Crippen LogP contribution in [-0.2, 0) is 4.79 Å². The van der Waals surface area contributed by atoms with Gasteiger partial charge in [-0.3, -0.25) is 9.36 Å². The van der Waals surface area contributed by atoms with E-state index in [0.29, 0.717) is 17.8 Å². The van der Waals surface area contributed by atoms with Crippen LogP contribution in [0.2, 0.25) is 0 Å². The van der Waals surface area contributed by atoms with Crippen LogP contribution in [0.3, 0.4) is 0 Å². The largest absolute Gasteiger partial charge is 0.337 e. The van der Waals surface area contributed by atoms with E-state index in [4.69, 9.17) is 4.98 Å². The van der Waals surface area contributed by atoms with Gasteiger partial charge < -0.3 is 4.90 Å². The van der Waals surface area contributed by atoms with Gasteiger partial charge in [0.25, 0.3) is 0 Å². The van der Waals surface area contributed by atoms with Crippen molar-refractivity contribution in [2.24, 2.45) is 0 Å². The van der Waals surface area contributed by atoms with Crippen LogP contribution in [0.1, 0.15) is 38.7 Å². The molecular formula is C23H27N3OS. The molecule has 0 spiro atoms. The maximum Gasteiger partial charge on any atom is 0.233 e. The van der Waals surface area contributed by atoms with Gasteiger partial charge in [-0.1, -0.05) is 41.6 Å². The van der Waals surface area contributed by atoms with E-state index in [1.54, 1.807) is 0 Å². The molecule has 0 N–H and O–H groups in total. The molecule has 3 aromatic rings. The van der Waals surface area contributed by atoms with E-state index < -0.39 is 0 Å². The van der Waals surface area contributed by atoms with Gasteiger partial charge in [0.2, 0.25) is 5.91 Å². The minimum Gasteiger partial charge on any atom is -0.337 e. The zero-order chi connectivity index (χ0) is 19.7. The Hall–Kier alpha value is -2.27. The first kappa shape index (κ1) is 19.1. The second-order valence-electron chi connectivity index (χ2n) is 7.77. The summed E-state index contributed by atoms with van der Waals surface area (Å²) in [6, 6.07) is 17.3. The number of piperidine rings is 1. The van der Waals surface area contributed by atoms with Gasteiger partial charge in [0, 0.05) is 17.8 Å². The first-order chi connectivity index (χ1) is 13.5. The summed E-state index contributed by atoms with van der Waals surface area (Å²) >= 11 is 1.54. The van der Waals surface area contributed by atoms with E-state index in [-0.39, 0.29) is 5.91 Å². The van der Waals surface area contributed by atoms with E-state index in [0.717, 1.165) is 34.7 Å². The Kier molecular flexibility index (Phi) is 5.44. The Bertz CT molecular complexity index is 969. The zero-order valence-corrected chi connectivity index (χ0v) is 17.6. The lowest BCUT2D eigenvalue weighted by Gasteiger charge is -2.39. The summed E-state index contributed by atoms with van der Waals surface area (Å²) in [6.45, 7) is 6.42. The number of hydrogen-bond acceptors (Lipinski definition) is 3. The Labute approximate surface area is 170 Å². The van der Waals surface area contributed by atoms with Crippen LogP contribution in [0.4, 0.5) is 0 Å². The Balaban J connectivity index is 1.62. The van der Waals surface area contributed by atoms with Crippen LogP contribution in [0.15, 0.2) is 53.7 Å². The lowest BCUT2D eigenvalue weighted by atomic mass is 9.98. The smallest absolute Gasteiger partial charge is 0.233 e. The van der Waals surface area contributed by atoms with E-state index >= 15 is 0 Å². The molecule has 1 fully saturated rings. The van der Waals surface area contributed by atoms with Gasteiger partial charge in [-0.05, 0) is 64.3 Å². The first-order valence-electron chi connectivity index (χ1n) is 10.0. The number of carbonyl (C=O) groups excluding carboxylic acids is 1. The van der Waals surface area contributed by atoms with Crippen molar-refractivity contribution in [1.82, 2.24) is 14.5 Å². The average Bonchev–Trinajstić information content (AvgIpc) is 3.05. The van der Waals surface area contributed by atoms with Crippen molar-refractivity contribution in [2.75, 3.05) is 5.75 Å². The van der Waals surface area contributed by atoms with Gasteiger partial charge >= 0.3 is 0 Å². The van der Waals surface area contributed by atoms with Crippen molar-refractivity contribution in [3.8, 4) is 5.69 Å². The number of nitrogens with zero attached hydrogens (tertiary/aromatic N) is 3. The molecule has 2 atom stereocenters. The summed E-state index contributed by atoms with van der Waals surface area (Å²) < 4.78 is 2.16. The number of likely N-dealkylation sites (tertiary alicyclic amines) is 1. The molecule has 1 aliphatic rings. The number of amides is 1. The van der Waals surface area contributed by atoms with Gasteiger partial charge in [0.05, 0.1) is 16.8 Å². The summed E-state index contributed by atoms with van der Waals surface area (Å²) in [6.07, 6.45) is 3.41. The van der Waals surface area contributed by atoms with Crippen LogP contribution in [0.25, 0.3) is 16.7 Å². The quantitative estimate of drug-likeness (QED) is 0.571. The van der Waals surface area contributed by atoms with Crippen LogP contribution in [0.5, 0.6) is 0 Å². The van der Waals surface area contributed by atoms with Gasteiger partial charge in [-0.15, -0.1) is 0 Å². The number of aryl methyl sites for hydroxylation is 1. The lowest BCUT2D eigenvalue weighted by Crippen LogP contribution is -2.48. The summed E-state index contributed by atoms with van der Waals surface area (Å²) in [4.78, 5) is 19.9. The SMILES string of the molecule is Cc1ccc(-n2c(SCC(=O)N3[C@H](C)CCC[C@H]3C)nc3ccccc32)cc1. The number of benzene rings is 2. The number of para-hydroxylation sites is 2. The van der Waals surface area contributed by atoms with Crippen LogP contribution < -0.4 is 0 Å². The molecule has 4 nitrogen and oxygen atoms in total. The average molecular weight is 394 g/mol. The highest BCUT2D eigenvalue weighted by molar-refractivity contribution is 7.99. The molecule has 4 rings (SSSR count). The van der Waals surface area contributed by atoms with Crippen molar-refractivity contribution < 1.29 is 4.79 Å². The number of imidazole rings is 1. The van der Waals surface area contributed by atoms with Gasteiger partial charge in [-0.25, -0.2) is 4.98 Å². The number of fused-ring (bicyclic) bond motifs is 1. The highest BCUT2D eigenvalue weighted by atomic mass is 32.2. The molecule has 1 aromatic heterocycles. The number of hydrogen-bond donors (Lipinski definition) is 0. The van der Waals surface area contributed by atoms with E-state index in [9.17, 15) is 4.79 Å². The molecule has 0 saturated carbocycles. The monoisotopic (exact) mass is 393 g/mol. The molecule has 0 unspecified atom stereocenters. The fourth-order valence-electron chi connectivity index (χ4n) is 4.16. The Morgan fingerprint density at radius 1 is 1.07 bits per heavy atom. The van der Waals surface area contributed by atoms with Crippen molar-refractivity contribution in [3.05, 3.63) is 54.1 Å². The van der Waals surface area contributed by atoms with Crippen LogP contribution in [0, 0.1) is 6.92 Å². The minimum atomic E-state index is 0.215. The number of carbonyl (C=O) groups is 1. The van der Waals surface area contributed by atoms with Crippen molar-refractivity contribution in [3.63, 3.8) is 0 Å². The molecule has 28 heavy (non-hydrogen) atoms. The van der Waals surface area contributed by atoms with Crippen molar-refractivity contribution in [2.45, 2.75) is 57.3 Å². The second-order valence-corrected chi connectivity index (χ2v) is 8.72. The zero-order valence-electron chi connectivity index (χ0n) is 16.8. The maximum atomic E-state index is 13.0. The number of aromatic nitrogens is 2. The van der Waals surface area contributed by atoms with Gasteiger partial charge in [-0.2, -0.15) is 0 Å². The molecule has 1 amide bonds. The van der Waals surface area contributed by atoms with Crippen LogP contribution in [-0.4, -0.2) is 38.2 Å². The molecule has 0 bridgehead atoms. The third-order valence-corrected chi connectivity index (χ3v) is 6.55. The minimum absolute atomic E-state index is 0.215. The first-order valence-corrected chi connectivity index (χ1v) is 11.0. The van der Waals surface area contributed by atoms with Crippen molar-refractivity contribution >= 4 is 28.7 Å². The molecule has 5 heteroatoms. The molecule has 2 aromatic carbocycles. The van der Waals surface area contributed by atoms with E-state index in [1.807, 2.05) is 18.2 Å². The molecule has 1 aliphatic heterocycles. The predicted octanol–water partition coefficient (Wildman–Crippen LogP) is 5.22. The van der Waals surface area contributed by atoms with Crippen molar-refractivity contribution in [1.29, 1.82) is 0 Å². The molecular weight excluding hydrogens is 366 g/mol. The van der Waals surface area contributed by atoms with Crippen LogP contribution >= 0.6 is 11.8 Å². The summed E-state index contributed by atoms with van der Waals surface area (Å²) in [7, 11) is 0. The highest BCUT2D eigenvalue weighted by Crippen LogP contribution is 2.30. The standard InChI is InChI=1S/C23H27N3OS/c1-16-11-13-19(14-12-16)26-21-10-5-4-9-20(21)24-23(26)28-15-22(27)25-17(2)7-6-8-18(25)3/h4-5,9-14,17-18H,6-8,15H2,1-3H3/t17-,18-/m1/s1. The van der Waals surface area contributed by atoms with E-state index in [2.05, 4.69) is 60.6 Å². The molecule has 2 heterocycles. The summed E-state index contributed by atoms with van der Waals surface area (Å²) in [5, 5.41) is 0.871.